The van der Waals surface area contributed by atoms with Gasteiger partial charge >= 0.3 is 5.97 Å². The number of carbonyl (C=O) groups is 1. The third-order valence-electron chi connectivity index (χ3n) is 2.55. The van der Waals surface area contributed by atoms with Crippen molar-refractivity contribution in [3.05, 3.63) is 11.6 Å². The molecular formula is C9H12O2. The first-order valence-corrected chi connectivity index (χ1v) is 4.15. The zero-order valence-electron chi connectivity index (χ0n) is 6.72. The highest BCUT2D eigenvalue weighted by Crippen LogP contribution is 2.39. The Morgan fingerprint density at radius 1 is 1.45 bits per heavy atom. The van der Waals surface area contributed by atoms with Crippen molar-refractivity contribution in [1.29, 1.82) is 0 Å². The fourth-order valence-electron chi connectivity index (χ4n) is 1.97. The lowest BCUT2D eigenvalue weighted by Gasteiger charge is -2.18. The summed E-state index contributed by atoms with van der Waals surface area (Å²) in [6.45, 7) is 1.83. The van der Waals surface area contributed by atoms with Crippen LogP contribution in [0.4, 0.5) is 0 Å². The Balaban J connectivity index is 2.25. The van der Waals surface area contributed by atoms with Gasteiger partial charge in [0.25, 0.3) is 0 Å². The molecule has 1 fully saturated rings. The monoisotopic (exact) mass is 152 g/mol. The third-order valence-corrected chi connectivity index (χ3v) is 2.55. The lowest BCUT2D eigenvalue weighted by molar-refractivity contribution is -0.145. The van der Waals surface area contributed by atoms with E-state index in [4.69, 9.17) is 4.74 Å². The van der Waals surface area contributed by atoms with Crippen LogP contribution >= 0.6 is 0 Å². The quantitative estimate of drug-likeness (QED) is 0.495. The van der Waals surface area contributed by atoms with Crippen molar-refractivity contribution >= 4 is 5.97 Å². The van der Waals surface area contributed by atoms with Crippen LogP contribution in [0, 0.1) is 0 Å². The molecule has 2 rings (SSSR count). The van der Waals surface area contributed by atoms with Gasteiger partial charge < -0.3 is 4.74 Å². The van der Waals surface area contributed by atoms with Crippen molar-refractivity contribution < 1.29 is 9.53 Å². The first-order chi connectivity index (χ1) is 5.22. The second-order valence-electron chi connectivity index (χ2n) is 3.49. The maximum atomic E-state index is 11.0. The van der Waals surface area contributed by atoms with E-state index in [1.807, 2.05) is 13.0 Å². The second kappa shape index (κ2) is 2.10. The number of carbonyl (C=O) groups excluding carboxylic acids is 1. The molecule has 0 N–H and O–H groups in total. The summed E-state index contributed by atoms with van der Waals surface area (Å²) in [5.41, 5.74) is 0.605. The number of hydrogen-bond acceptors (Lipinski definition) is 2. The molecule has 2 heteroatoms. The fraction of sp³-hybridized carbons (Fsp3) is 0.667. The third kappa shape index (κ3) is 0.971. The molecule has 1 spiro atoms. The van der Waals surface area contributed by atoms with Gasteiger partial charge in [-0.3, -0.25) is 0 Å². The standard InChI is InChI=1S/C9H12O2/c1-7-6-9(11-8(7)10)4-2-3-5-9/h6H,2-5H2,1H3. The summed E-state index contributed by atoms with van der Waals surface area (Å²) in [5, 5.41) is 0. The molecule has 0 amide bonds. The highest BCUT2D eigenvalue weighted by atomic mass is 16.6. The summed E-state index contributed by atoms with van der Waals surface area (Å²) >= 11 is 0. The minimum Gasteiger partial charge on any atom is -0.451 e. The number of hydrogen-bond donors (Lipinski definition) is 0. The molecule has 0 radical (unpaired) electrons. The normalized spacial score (nSPS) is 27.4. The Bertz CT molecular complexity index is 222. The van der Waals surface area contributed by atoms with Gasteiger partial charge in [-0.1, -0.05) is 0 Å². The number of esters is 1. The molecule has 0 bridgehead atoms. The summed E-state index contributed by atoms with van der Waals surface area (Å²) in [4.78, 5) is 11.0. The summed E-state index contributed by atoms with van der Waals surface area (Å²) in [6.07, 6.45) is 6.43. The highest BCUT2D eigenvalue weighted by Gasteiger charge is 2.40. The minimum atomic E-state index is -0.179. The van der Waals surface area contributed by atoms with Crippen LogP contribution in [0.3, 0.4) is 0 Å². The Hall–Kier alpha value is -0.790. The predicted molar refractivity (Wildman–Crippen MR) is 41.0 cm³/mol. The van der Waals surface area contributed by atoms with Crippen LogP contribution in [0.25, 0.3) is 0 Å². The van der Waals surface area contributed by atoms with Crippen LogP contribution in [-0.2, 0) is 9.53 Å². The van der Waals surface area contributed by atoms with Crippen molar-refractivity contribution in [3.8, 4) is 0 Å². The van der Waals surface area contributed by atoms with Gasteiger partial charge in [0, 0.05) is 5.57 Å². The van der Waals surface area contributed by atoms with E-state index in [2.05, 4.69) is 0 Å². The molecule has 0 unspecified atom stereocenters. The lowest BCUT2D eigenvalue weighted by atomic mass is 10.0. The SMILES string of the molecule is CC1=CC2(CCCC2)OC1=O. The van der Waals surface area contributed by atoms with Gasteiger partial charge in [0.2, 0.25) is 0 Å². The lowest BCUT2D eigenvalue weighted by Crippen LogP contribution is -2.23. The molecule has 0 aromatic rings. The molecule has 2 aliphatic rings. The smallest absolute Gasteiger partial charge is 0.334 e. The topological polar surface area (TPSA) is 26.3 Å². The molecule has 0 saturated heterocycles. The second-order valence-corrected chi connectivity index (χ2v) is 3.49. The van der Waals surface area contributed by atoms with E-state index in [0.29, 0.717) is 0 Å². The summed E-state index contributed by atoms with van der Waals surface area (Å²) < 4.78 is 5.29. The molecule has 1 saturated carbocycles. The molecule has 1 aliphatic heterocycles. The average molecular weight is 152 g/mol. The Morgan fingerprint density at radius 2 is 2.09 bits per heavy atom. The van der Waals surface area contributed by atoms with Crippen molar-refractivity contribution in [2.45, 2.75) is 38.2 Å². The van der Waals surface area contributed by atoms with Gasteiger partial charge in [-0.05, 0) is 38.7 Å². The van der Waals surface area contributed by atoms with Gasteiger partial charge in [-0.15, -0.1) is 0 Å². The first-order valence-electron chi connectivity index (χ1n) is 4.15. The highest BCUT2D eigenvalue weighted by molar-refractivity contribution is 5.90. The van der Waals surface area contributed by atoms with E-state index in [-0.39, 0.29) is 11.6 Å². The van der Waals surface area contributed by atoms with Gasteiger partial charge in [-0.25, -0.2) is 4.79 Å². The summed E-state index contributed by atoms with van der Waals surface area (Å²) in [7, 11) is 0. The van der Waals surface area contributed by atoms with Crippen LogP contribution in [0.2, 0.25) is 0 Å². The Kier molecular flexibility index (Phi) is 1.31. The van der Waals surface area contributed by atoms with Crippen LogP contribution in [0.5, 0.6) is 0 Å². The number of ether oxygens (including phenoxy) is 1. The van der Waals surface area contributed by atoms with Crippen LogP contribution < -0.4 is 0 Å². The Labute approximate surface area is 66.2 Å². The minimum absolute atomic E-state index is 0.119. The largest absolute Gasteiger partial charge is 0.451 e. The molecular weight excluding hydrogens is 140 g/mol. The van der Waals surface area contributed by atoms with Gasteiger partial charge in [0.05, 0.1) is 0 Å². The van der Waals surface area contributed by atoms with E-state index in [1.165, 1.54) is 12.8 Å². The zero-order valence-corrected chi connectivity index (χ0v) is 6.72. The van der Waals surface area contributed by atoms with Crippen LogP contribution in [0.15, 0.2) is 11.6 Å². The van der Waals surface area contributed by atoms with E-state index in [9.17, 15) is 4.79 Å². The van der Waals surface area contributed by atoms with Crippen molar-refractivity contribution in [1.82, 2.24) is 0 Å². The number of rotatable bonds is 0. The van der Waals surface area contributed by atoms with Gasteiger partial charge in [0.1, 0.15) is 5.60 Å². The Morgan fingerprint density at radius 3 is 2.55 bits per heavy atom. The molecule has 0 aromatic carbocycles. The van der Waals surface area contributed by atoms with E-state index in [1.54, 1.807) is 0 Å². The maximum absolute atomic E-state index is 11.0. The van der Waals surface area contributed by atoms with Crippen molar-refractivity contribution in [2.75, 3.05) is 0 Å². The van der Waals surface area contributed by atoms with E-state index in [0.717, 1.165) is 18.4 Å². The van der Waals surface area contributed by atoms with Crippen LogP contribution in [-0.4, -0.2) is 11.6 Å². The van der Waals surface area contributed by atoms with Crippen molar-refractivity contribution in [3.63, 3.8) is 0 Å². The predicted octanol–water partition coefficient (Wildman–Crippen LogP) is 1.80. The van der Waals surface area contributed by atoms with Crippen molar-refractivity contribution in [2.24, 2.45) is 0 Å². The van der Waals surface area contributed by atoms with Gasteiger partial charge in [-0.2, -0.15) is 0 Å². The molecule has 1 aliphatic carbocycles. The van der Waals surface area contributed by atoms with Gasteiger partial charge in [0.15, 0.2) is 0 Å². The molecule has 60 valence electrons. The average Bonchev–Trinajstić information content (AvgIpc) is 2.46. The summed E-state index contributed by atoms with van der Waals surface area (Å²) in [5.74, 6) is -0.119. The fourth-order valence-corrected chi connectivity index (χ4v) is 1.97. The molecule has 1 heterocycles. The van der Waals surface area contributed by atoms with E-state index >= 15 is 0 Å². The molecule has 0 aromatic heterocycles. The maximum Gasteiger partial charge on any atom is 0.334 e. The molecule has 0 atom stereocenters. The zero-order chi connectivity index (χ0) is 7.90. The molecule has 2 nitrogen and oxygen atoms in total. The molecule has 11 heavy (non-hydrogen) atoms. The van der Waals surface area contributed by atoms with Crippen LogP contribution in [0.1, 0.15) is 32.6 Å². The first kappa shape index (κ1) is 6.89. The summed E-state index contributed by atoms with van der Waals surface area (Å²) in [6, 6.07) is 0. The van der Waals surface area contributed by atoms with E-state index < -0.39 is 0 Å².